The lowest BCUT2D eigenvalue weighted by molar-refractivity contribution is -0.139. The molecule has 174 valence electrons. The van der Waals surface area contributed by atoms with Crippen molar-refractivity contribution in [2.45, 2.75) is 24.0 Å². The minimum Gasteiger partial charge on any atom is -0.495 e. The van der Waals surface area contributed by atoms with Crippen LogP contribution in [0.5, 0.6) is 5.75 Å². The standard InChI is InChI=1S/C21H24F3N3O4S/c1-15(25-32(29,30)19-10-6-3-7-16(19)21(22,23)24)20(28)27-13-11-26(12-14-27)17-8-4-5-9-18(17)31-2/h3-10,15,25H,11-14H2,1-2H3/t15-/m0/s1. The van der Waals surface area contributed by atoms with Gasteiger partial charge >= 0.3 is 6.18 Å². The van der Waals surface area contributed by atoms with E-state index in [4.69, 9.17) is 4.74 Å². The third-order valence-corrected chi connectivity index (χ3v) is 6.80. The van der Waals surface area contributed by atoms with Gasteiger partial charge in [-0.2, -0.15) is 17.9 Å². The number of piperazine rings is 1. The second kappa shape index (κ2) is 9.37. The third kappa shape index (κ3) is 5.16. The number of halogens is 3. The van der Waals surface area contributed by atoms with Crippen molar-refractivity contribution in [1.29, 1.82) is 0 Å². The van der Waals surface area contributed by atoms with Gasteiger partial charge in [-0.25, -0.2) is 8.42 Å². The number of carbonyl (C=O) groups is 1. The van der Waals surface area contributed by atoms with Gasteiger partial charge in [0.25, 0.3) is 0 Å². The minimum absolute atomic E-state index is 0.335. The van der Waals surface area contributed by atoms with Crippen LogP contribution in [0.25, 0.3) is 0 Å². The molecule has 1 saturated heterocycles. The predicted molar refractivity (Wildman–Crippen MR) is 113 cm³/mol. The number of hydrogen-bond acceptors (Lipinski definition) is 5. The average Bonchev–Trinajstić information content (AvgIpc) is 2.77. The first kappa shape index (κ1) is 23.9. The molecular weight excluding hydrogens is 447 g/mol. The summed E-state index contributed by atoms with van der Waals surface area (Å²) >= 11 is 0. The van der Waals surface area contributed by atoms with Gasteiger partial charge in [0.2, 0.25) is 15.9 Å². The van der Waals surface area contributed by atoms with E-state index >= 15 is 0 Å². The van der Waals surface area contributed by atoms with Crippen LogP contribution in [0.2, 0.25) is 0 Å². The van der Waals surface area contributed by atoms with E-state index < -0.39 is 38.6 Å². The number of nitrogens with one attached hydrogen (secondary N) is 1. The molecule has 1 fully saturated rings. The predicted octanol–water partition coefficient (Wildman–Crippen LogP) is 2.73. The van der Waals surface area contributed by atoms with Gasteiger partial charge in [-0.3, -0.25) is 4.79 Å². The van der Waals surface area contributed by atoms with Gasteiger partial charge < -0.3 is 14.5 Å². The molecule has 0 unspecified atom stereocenters. The summed E-state index contributed by atoms with van der Waals surface area (Å²) in [6.45, 7) is 3.00. The maximum atomic E-state index is 13.2. The molecule has 1 atom stereocenters. The number of rotatable bonds is 6. The number of carbonyl (C=O) groups excluding carboxylic acids is 1. The summed E-state index contributed by atoms with van der Waals surface area (Å²) in [4.78, 5) is 15.4. The van der Waals surface area contributed by atoms with Crippen molar-refractivity contribution >= 4 is 21.6 Å². The molecule has 7 nitrogen and oxygen atoms in total. The SMILES string of the molecule is COc1ccccc1N1CCN(C(=O)[C@H](C)NS(=O)(=O)c2ccccc2C(F)(F)F)CC1. The fourth-order valence-corrected chi connectivity index (χ4v) is 5.04. The second-order valence-corrected chi connectivity index (χ2v) is 9.00. The minimum atomic E-state index is -4.84. The normalized spacial score (nSPS) is 16.0. The Balaban J connectivity index is 1.67. The Hall–Kier alpha value is -2.79. The second-order valence-electron chi connectivity index (χ2n) is 7.32. The molecule has 3 rings (SSSR count). The van der Waals surface area contributed by atoms with Crippen molar-refractivity contribution < 1.29 is 31.1 Å². The Morgan fingerprint density at radius 1 is 1.03 bits per heavy atom. The molecule has 0 spiro atoms. The number of sulfonamides is 1. The summed E-state index contributed by atoms with van der Waals surface area (Å²) in [7, 11) is -2.99. The molecule has 0 bridgehead atoms. The fourth-order valence-electron chi connectivity index (χ4n) is 3.61. The monoisotopic (exact) mass is 471 g/mol. The largest absolute Gasteiger partial charge is 0.495 e. The first-order valence-corrected chi connectivity index (χ1v) is 11.4. The molecule has 1 amide bonds. The van der Waals surface area contributed by atoms with Crippen LogP contribution in [0.1, 0.15) is 12.5 Å². The Kier molecular flexibility index (Phi) is 6.99. The van der Waals surface area contributed by atoms with E-state index in [0.717, 1.165) is 17.8 Å². The Labute approximate surface area is 184 Å². The van der Waals surface area contributed by atoms with Gasteiger partial charge in [0.15, 0.2) is 0 Å². The van der Waals surface area contributed by atoms with E-state index in [0.29, 0.717) is 38.0 Å². The van der Waals surface area contributed by atoms with Crippen molar-refractivity contribution in [2.75, 3.05) is 38.2 Å². The van der Waals surface area contributed by atoms with Gasteiger partial charge in [-0.15, -0.1) is 0 Å². The van der Waals surface area contributed by atoms with E-state index in [9.17, 15) is 26.4 Å². The van der Waals surface area contributed by atoms with Crippen LogP contribution in [0.4, 0.5) is 18.9 Å². The van der Waals surface area contributed by atoms with E-state index in [2.05, 4.69) is 9.62 Å². The number of nitrogens with zero attached hydrogens (tertiary/aromatic N) is 2. The highest BCUT2D eigenvalue weighted by Crippen LogP contribution is 2.34. The van der Waals surface area contributed by atoms with E-state index in [1.807, 2.05) is 24.3 Å². The van der Waals surface area contributed by atoms with Crippen molar-refractivity contribution in [1.82, 2.24) is 9.62 Å². The van der Waals surface area contributed by atoms with Gasteiger partial charge in [-0.05, 0) is 31.2 Å². The maximum absolute atomic E-state index is 13.2. The first-order valence-electron chi connectivity index (χ1n) is 9.90. The van der Waals surface area contributed by atoms with E-state index in [1.54, 1.807) is 7.11 Å². The Bertz CT molecular complexity index is 1070. The number of ether oxygens (including phenoxy) is 1. The van der Waals surface area contributed by atoms with Gasteiger partial charge in [0.1, 0.15) is 5.75 Å². The summed E-state index contributed by atoms with van der Waals surface area (Å²) in [6, 6.07) is 10.1. The summed E-state index contributed by atoms with van der Waals surface area (Å²) in [5.41, 5.74) is -0.392. The molecule has 1 aliphatic rings. The molecule has 32 heavy (non-hydrogen) atoms. The number of hydrogen-bond donors (Lipinski definition) is 1. The zero-order valence-corrected chi connectivity index (χ0v) is 18.4. The molecule has 1 heterocycles. The van der Waals surface area contributed by atoms with E-state index in [-0.39, 0.29) is 0 Å². The molecule has 2 aromatic rings. The number of anilines is 1. The highest BCUT2D eigenvalue weighted by molar-refractivity contribution is 7.89. The molecule has 2 aromatic carbocycles. The van der Waals surface area contributed by atoms with Crippen molar-refractivity contribution in [3.8, 4) is 5.75 Å². The number of amides is 1. The number of methoxy groups -OCH3 is 1. The molecule has 1 aliphatic heterocycles. The molecule has 0 radical (unpaired) electrons. The highest BCUT2D eigenvalue weighted by Gasteiger charge is 2.38. The quantitative estimate of drug-likeness (QED) is 0.701. The summed E-state index contributed by atoms with van der Waals surface area (Å²) < 4.78 is 72.3. The lowest BCUT2D eigenvalue weighted by Crippen LogP contribution is -2.54. The van der Waals surface area contributed by atoms with Crippen LogP contribution in [-0.2, 0) is 21.0 Å². The lowest BCUT2D eigenvalue weighted by atomic mass is 10.2. The highest BCUT2D eigenvalue weighted by atomic mass is 32.2. The van der Waals surface area contributed by atoms with Crippen LogP contribution in [0.3, 0.4) is 0 Å². The maximum Gasteiger partial charge on any atom is 0.417 e. The number of benzene rings is 2. The van der Waals surface area contributed by atoms with Crippen molar-refractivity contribution in [2.24, 2.45) is 0 Å². The average molecular weight is 472 g/mol. The smallest absolute Gasteiger partial charge is 0.417 e. The Morgan fingerprint density at radius 2 is 1.62 bits per heavy atom. The first-order chi connectivity index (χ1) is 15.0. The van der Waals surface area contributed by atoms with Gasteiger partial charge in [-0.1, -0.05) is 24.3 Å². The lowest BCUT2D eigenvalue weighted by Gasteiger charge is -2.37. The zero-order chi connectivity index (χ0) is 23.5. The Morgan fingerprint density at radius 3 is 2.25 bits per heavy atom. The molecule has 0 saturated carbocycles. The van der Waals surface area contributed by atoms with E-state index in [1.165, 1.54) is 17.9 Å². The summed E-state index contributed by atoms with van der Waals surface area (Å²) in [5, 5.41) is 0. The van der Waals surface area contributed by atoms with Crippen molar-refractivity contribution in [3.63, 3.8) is 0 Å². The molecule has 0 aliphatic carbocycles. The van der Waals surface area contributed by atoms with Crippen LogP contribution >= 0.6 is 0 Å². The molecule has 1 N–H and O–H groups in total. The fraction of sp³-hybridized carbons (Fsp3) is 0.381. The number of para-hydroxylation sites is 2. The van der Waals surface area contributed by atoms with Crippen LogP contribution in [0, 0.1) is 0 Å². The van der Waals surface area contributed by atoms with Gasteiger partial charge in [0.05, 0.1) is 29.3 Å². The molecule has 11 heteroatoms. The van der Waals surface area contributed by atoms with Crippen LogP contribution in [-0.4, -0.2) is 58.6 Å². The summed E-state index contributed by atoms with van der Waals surface area (Å²) in [5.74, 6) is 0.203. The van der Waals surface area contributed by atoms with Crippen molar-refractivity contribution in [3.05, 3.63) is 54.1 Å². The van der Waals surface area contributed by atoms with Crippen LogP contribution in [0.15, 0.2) is 53.4 Å². The third-order valence-electron chi connectivity index (χ3n) is 5.20. The molecule has 0 aromatic heterocycles. The van der Waals surface area contributed by atoms with Gasteiger partial charge in [0, 0.05) is 26.2 Å². The summed E-state index contributed by atoms with van der Waals surface area (Å²) in [6.07, 6.45) is -4.84. The topological polar surface area (TPSA) is 79.0 Å². The van der Waals surface area contributed by atoms with Crippen LogP contribution < -0.4 is 14.4 Å². The zero-order valence-electron chi connectivity index (χ0n) is 17.6. The number of alkyl halides is 3. The molecular formula is C21H24F3N3O4S.